The minimum absolute atomic E-state index is 0.488. The van der Waals surface area contributed by atoms with E-state index >= 15 is 0 Å². The van der Waals surface area contributed by atoms with Gasteiger partial charge in [0.15, 0.2) is 0 Å². The van der Waals surface area contributed by atoms with Gasteiger partial charge in [0.25, 0.3) is 0 Å². The Morgan fingerprint density at radius 1 is 1.42 bits per heavy atom. The van der Waals surface area contributed by atoms with E-state index in [2.05, 4.69) is 18.9 Å². The SMILES string of the molecule is CCCN(C)[C@@H]1CCC[C@@H]1OC. The molecule has 2 atom stereocenters. The lowest BCUT2D eigenvalue weighted by molar-refractivity contribution is 0.0432. The second-order valence-corrected chi connectivity index (χ2v) is 3.75. The largest absolute Gasteiger partial charge is 0.380 e. The van der Waals surface area contributed by atoms with Crippen molar-refractivity contribution >= 4 is 0 Å². The molecule has 1 saturated carbocycles. The van der Waals surface area contributed by atoms with E-state index in [1.807, 2.05) is 7.11 Å². The van der Waals surface area contributed by atoms with Gasteiger partial charge in [-0.3, -0.25) is 0 Å². The van der Waals surface area contributed by atoms with Crippen LogP contribution in [0, 0.1) is 0 Å². The Bertz CT molecular complexity index is 127. The van der Waals surface area contributed by atoms with Crippen molar-refractivity contribution in [3.63, 3.8) is 0 Å². The van der Waals surface area contributed by atoms with Crippen LogP contribution < -0.4 is 0 Å². The molecule has 0 aromatic carbocycles. The van der Waals surface area contributed by atoms with Crippen LogP contribution in [0.2, 0.25) is 0 Å². The van der Waals surface area contributed by atoms with Crippen molar-refractivity contribution in [2.24, 2.45) is 0 Å². The van der Waals surface area contributed by atoms with Gasteiger partial charge in [0.1, 0.15) is 0 Å². The van der Waals surface area contributed by atoms with Crippen LogP contribution in [0.5, 0.6) is 0 Å². The van der Waals surface area contributed by atoms with E-state index in [9.17, 15) is 0 Å². The molecule has 1 rings (SSSR count). The van der Waals surface area contributed by atoms with E-state index in [0.717, 1.165) is 0 Å². The summed E-state index contributed by atoms with van der Waals surface area (Å²) in [4.78, 5) is 2.45. The summed E-state index contributed by atoms with van der Waals surface area (Å²) in [7, 11) is 4.05. The van der Waals surface area contributed by atoms with Crippen LogP contribution >= 0.6 is 0 Å². The number of likely N-dealkylation sites (N-methyl/N-ethyl adjacent to an activating group) is 1. The van der Waals surface area contributed by atoms with Gasteiger partial charge in [-0.15, -0.1) is 0 Å². The molecule has 12 heavy (non-hydrogen) atoms. The van der Waals surface area contributed by atoms with Gasteiger partial charge in [-0.05, 0) is 39.3 Å². The van der Waals surface area contributed by atoms with Gasteiger partial charge in [0.2, 0.25) is 0 Å². The Hall–Kier alpha value is -0.0800. The quantitative estimate of drug-likeness (QED) is 0.640. The van der Waals surface area contributed by atoms with Crippen molar-refractivity contribution < 1.29 is 4.74 Å². The van der Waals surface area contributed by atoms with Crippen molar-refractivity contribution in [1.82, 2.24) is 4.90 Å². The third kappa shape index (κ3) is 2.20. The van der Waals surface area contributed by atoms with Crippen LogP contribution in [0.15, 0.2) is 0 Å². The van der Waals surface area contributed by atoms with Crippen molar-refractivity contribution in [1.29, 1.82) is 0 Å². The highest BCUT2D eigenvalue weighted by Gasteiger charge is 2.29. The first-order valence-corrected chi connectivity index (χ1v) is 5.02. The van der Waals surface area contributed by atoms with Crippen LogP contribution in [0.4, 0.5) is 0 Å². The van der Waals surface area contributed by atoms with E-state index < -0.39 is 0 Å². The molecule has 1 aliphatic carbocycles. The fraction of sp³-hybridized carbons (Fsp3) is 1.00. The van der Waals surface area contributed by atoms with E-state index in [0.29, 0.717) is 12.1 Å². The molecule has 0 aliphatic heterocycles. The smallest absolute Gasteiger partial charge is 0.0726 e. The van der Waals surface area contributed by atoms with Crippen LogP contribution in [0.25, 0.3) is 0 Å². The zero-order valence-electron chi connectivity index (χ0n) is 8.55. The molecule has 0 saturated heterocycles. The normalized spacial score (nSPS) is 30.0. The van der Waals surface area contributed by atoms with Gasteiger partial charge < -0.3 is 9.64 Å². The highest BCUT2D eigenvalue weighted by atomic mass is 16.5. The Balaban J connectivity index is 2.38. The van der Waals surface area contributed by atoms with Gasteiger partial charge in [-0.25, -0.2) is 0 Å². The van der Waals surface area contributed by atoms with Crippen molar-refractivity contribution in [2.75, 3.05) is 20.7 Å². The van der Waals surface area contributed by atoms with Crippen molar-refractivity contribution in [3.05, 3.63) is 0 Å². The summed E-state index contributed by atoms with van der Waals surface area (Å²) in [5, 5.41) is 0. The molecule has 1 fully saturated rings. The maximum atomic E-state index is 5.45. The number of hydrogen-bond donors (Lipinski definition) is 0. The highest BCUT2D eigenvalue weighted by Crippen LogP contribution is 2.25. The molecule has 2 nitrogen and oxygen atoms in total. The zero-order chi connectivity index (χ0) is 8.97. The number of nitrogens with zero attached hydrogens (tertiary/aromatic N) is 1. The fourth-order valence-electron chi connectivity index (χ4n) is 2.20. The van der Waals surface area contributed by atoms with E-state index in [4.69, 9.17) is 4.74 Å². The van der Waals surface area contributed by atoms with Gasteiger partial charge in [0, 0.05) is 13.2 Å². The Morgan fingerprint density at radius 2 is 2.17 bits per heavy atom. The molecule has 72 valence electrons. The van der Waals surface area contributed by atoms with Crippen molar-refractivity contribution in [2.45, 2.75) is 44.8 Å². The number of rotatable bonds is 4. The fourth-order valence-corrected chi connectivity index (χ4v) is 2.20. The molecule has 0 unspecified atom stereocenters. The minimum atomic E-state index is 0.488. The summed E-state index contributed by atoms with van der Waals surface area (Å²) < 4.78 is 5.45. The van der Waals surface area contributed by atoms with Gasteiger partial charge in [0.05, 0.1) is 6.10 Å². The molecular weight excluding hydrogens is 150 g/mol. The summed E-state index contributed by atoms with van der Waals surface area (Å²) >= 11 is 0. The average molecular weight is 171 g/mol. The summed E-state index contributed by atoms with van der Waals surface area (Å²) in [6.07, 6.45) is 5.62. The van der Waals surface area contributed by atoms with Gasteiger partial charge in [-0.2, -0.15) is 0 Å². The first-order valence-electron chi connectivity index (χ1n) is 5.02. The molecule has 0 heterocycles. The maximum Gasteiger partial charge on any atom is 0.0726 e. The zero-order valence-corrected chi connectivity index (χ0v) is 8.55. The predicted molar refractivity (Wildman–Crippen MR) is 51.4 cm³/mol. The van der Waals surface area contributed by atoms with E-state index in [1.54, 1.807) is 0 Å². The summed E-state index contributed by atoms with van der Waals surface area (Å²) in [5.74, 6) is 0. The van der Waals surface area contributed by atoms with E-state index in [-0.39, 0.29) is 0 Å². The molecule has 0 bridgehead atoms. The standard InChI is InChI=1S/C10H21NO/c1-4-8-11(2)9-6-5-7-10(9)12-3/h9-10H,4-8H2,1-3H3/t9-,10+/m1/s1. The lowest BCUT2D eigenvalue weighted by Crippen LogP contribution is -2.38. The van der Waals surface area contributed by atoms with Gasteiger partial charge in [-0.1, -0.05) is 6.92 Å². The Labute approximate surface area is 75.9 Å². The van der Waals surface area contributed by atoms with Crippen LogP contribution in [0.3, 0.4) is 0 Å². The summed E-state index contributed by atoms with van der Waals surface area (Å²) in [5.41, 5.74) is 0. The molecular formula is C10H21NO. The lowest BCUT2D eigenvalue weighted by Gasteiger charge is -2.28. The Morgan fingerprint density at radius 3 is 2.75 bits per heavy atom. The third-order valence-electron chi connectivity index (χ3n) is 2.86. The predicted octanol–water partition coefficient (Wildman–Crippen LogP) is 1.90. The second kappa shape index (κ2) is 4.83. The van der Waals surface area contributed by atoms with Crippen LogP contribution in [0.1, 0.15) is 32.6 Å². The average Bonchev–Trinajstić information content (AvgIpc) is 2.51. The second-order valence-electron chi connectivity index (χ2n) is 3.75. The van der Waals surface area contributed by atoms with Crippen LogP contribution in [-0.4, -0.2) is 37.7 Å². The molecule has 2 heteroatoms. The molecule has 0 aromatic rings. The first-order chi connectivity index (χ1) is 5.79. The van der Waals surface area contributed by atoms with E-state index in [1.165, 1.54) is 32.2 Å². The number of ether oxygens (including phenoxy) is 1. The number of methoxy groups -OCH3 is 1. The first kappa shape index (κ1) is 10.0. The minimum Gasteiger partial charge on any atom is -0.380 e. The molecule has 1 aliphatic rings. The summed E-state index contributed by atoms with van der Waals surface area (Å²) in [6, 6.07) is 0.676. The third-order valence-corrected chi connectivity index (χ3v) is 2.86. The number of hydrogen-bond acceptors (Lipinski definition) is 2. The molecule has 0 N–H and O–H groups in total. The maximum absolute atomic E-state index is 5.45. The molecule has 0 amide bonds. The van der Waals surface area contributed by atoms with Crippen LogP contribution in [-0.2, 0) is 4.74 Å². The Kier molecular flexibility index (Phi) is 4.02. The molecule has 0 spiro atoms. The molecule has 0 aromatic heterocycles. The van der Waals surface area contributed by atoms with Gasteiger partial charge >= 0.3 is 0 Å². The highest BCUT2D eigenvalue weighted by molar-refractivity contribution is 4.84. The lowest BCUT2D eigenvalue weighted by atomic mass is 10.2. The topological polar surface area (TPSA) is 12.5 Å². The van der Waals surface area contributed by atoms with Crippen molar-refractivity contribution in [3.8, 4) is 0 Å². The monoisotopic (exact) mass is 171 g/mol. The molecule has 0 radical (unpaired) electrons. The summed E-state index contributed by atoms with van der Waals surface area (Å²) in [6.45, 7) is 3.43.